The Hall–Kier alpha value is -1.60. The molecule has 0 heterocycles. The van der Waals surface area contributed by atoms with E-state index in [2.05, 4.69) is 10.5 Å². The maximum absolute atomic E-state index is 10.2. The molecular weight excluding hydrogens is 226 g/mol. The van der Waals surface area contributed by atoms with Crippen LogP contribution in [0.2, 0.25) is 0 Å². The Morgan fingerprint density at radius 1 is 1.44 bits per heavy atom. The standard InChI is InChI=1S/C11H13N3O.ClH/c1-2-13-10-5-3-9(4-6-10)7-11(8-12)14-15;/h3-6,11,13H,2,7H2,1H3;1H. The van der Waals surface area contributed by atoms with Gasteiger partial charge in [0.2, 0.25) is 0 Å². The lowest BCUT2D eigenvalue weighted by Crippen LogP contribution is -2.04. The van der Waals surface area contributed by atoms with Crippen LogP contribution in [0.1, 0.15) is 12.5 Å². The van der Waals surface area contributed by atoms with Crippen molar-refractivity contribution >= 4 is 18.1 Å². The molecule has 0 aliphatic carbocycles. The Bertz CT molecular complexity index is 358. The van der Waals surface area contributed by atoms with Crippen LogP contribution in [0.4, 0.5) is 5.69 Å². The van der Waals surface area contributed by atoms with Crippen molar-refractivity contribution in [2.75, 3.05) is 11.9 Å². The third kappa shape index (κ3) is 4.28. The summed E-state index contributed by atoms with van der Waals surface area (Å²) in [5.74, 6) is 0. The monoisotopic (exact) mass is 239 g/mol. The van der Waals surface area contributed by atoms with Gasteiger partial charge in [-0.15, -0.1) is 17.3 Å². The minimum absolute atomic E-state index is 0. The number of hydrogen-bond acceptors (Lipinski definition) is 4. The molecule has 1 N–H and O–H groups in total. The molecular formula is C11H14ClN3O. The summed E-state index contributed by atoms with van der Waals surface area (Å²) in [5, 5.41) is 14.5. The van der Waals surface area contributed by atoms with Crippen LogP contribution in [0.5, 0.6) is 0 Å². The van der Waals surface area contributed by atoms with Crippen LogP contribution in [-0.2, 0) is 6.42 Å². The van der Waals surface area contributed by atoms with Crippen molar-refractivity contribution in [3.63, 3.8) is 0 Å². The Morgan fingerprint density at radius 3 is 2.50 bits per heavy atom. The van der Waals surface area contributed by atoms with Crippen LogP contribution in [0.15, 0.2) is 29.4 Å². The van der Waals surface area contributed by atoms with E-state index < -0.39 is 6.04 Å². The Balaban J connectivity index is 0.00000225. The van der Waals surface area contributed by atoms with Gasteiger partial charge in [-0.2, -0.15) is 5.26 Å². The van der Waals surface area contributed by atoms with Crippen LogP contribution in [-0.4, -0.2) is 12.6 Å². The van der Waals surface area contributed by atoms with Gasteiger partial charge < -0.3 is 5.32 Å². The topological polar surface area (TPSA) is 65.2 Å². The van der Waals surface area contributed by atoms with Gasteiger partial charge in [0.25, 0.3) is 0 Å². The number of benzene rings is 1. The smallest absolute Gasteiger partial charge is 0.182 e. The lowest BCUT2D eigenvalue weighted by atomic mass is 10.1. The van der Waals surface area contributed by atoms with Crippen LogP contribution < -0.4 is 5.32 Å². The van der Waals surface area contributed by atoms with E-state index in [0.717, 1.165) is 17.8 Å². The predicted octanol–water partition coefficient (Wildman–Crippen LogP) is 2.74. The van der Waals surface area contributed by atoms with Crippen molar-refractivity contribution < 1.29 is 0 Å². The largest absolute Gasteiger partial charge is 0.385 e. The molecule has 0 aliphatic rings. The number of hydrogen-bond donors (Lipinski definition) is 1. The van der Waals surface area contributed by atoms with E-state index >= 15 is 0 Å². The van der Waals surface area contributed by atoms with E-state index in [1.165, 1.54) is 0 Å². The van der Waals surface area contributed by atoms with Gasteiger partial charge >= 0.3 is 0 Å². The summed E-state index contributed by atoms with van der Waals surface area (Å²) in [6, 6.07) is 8.71. The molecule has 0 amide bonds. The highest BCUT2D eigenvalue weighted by molar-refractivity contribution is 5.85. The molecule has 0 saturated heterocycles. The molecule has 5 heteroatoms. The fourth-order valence-corrected chi connectivity index (χ4v) is 1.29. The maximum atomic E-state index is 10.2. The van der Waals surface area contributed by atoms with Crippen molar-refractivity contribution in [1.82, 2.24) is 0 Å². The second kappa shape index (κ2) is 7.66. The van der Waals surface area contributed by atoms with Gasteiger partial charge in [0.1, 0.15) is 0 Å². The van der Waals surface area contributed by atoms with E-state index in [1.54, 1.807) is 0 Å². The van der Waals surface area contributed by atoms with E-state index in [0.29, 0.717) is 6.42 Å². The molecule has 16 heavy (non-hydrogen) atoms. The molecule has 0 aromatic heterocycles. The van der Waals surface area contributed by atoms with Crippen molar-refractivity contribution in [3.05, 3.63) is 34.7 Å². The van der Waals surface area contributed by atoms with Crippen LogP contribution in [0.3, 0.4) is 0 Å². The zero-order valence-electron chi connectivity index (χ0n) is 9.01. The highest BCUT2D eigenvalue weighted by Crippen LogP contribution is 2.11. The summed E-state index contributed by atoms with van der Waals surface area (Å²) in [6.45, 7) is 2.89. The van der Waals surface area contributed by atoms with Crippen LogP contribution >= 0.6 is 12.4 Å². The molecule has 1 atom stereocenters. The number of anilines is 1. The normalized spacial score (nSPS) is 10.8. The van der Waals surface area contributed by atoms with Crippen molar-refractivity contribution in [3.8, 4) is 6.07 Å². The van der Waals surface area contributed by atoms with E-state index in [-0.39, 0.29) is 12.4 Å². The lowest BCUT2D eigenvalue weighted by molar-refractivity contribution is 0.817. The first kappa shape index (κ1) is 14.4. The Morgan fingerprint density at radius 2 is 2.06 bits per heavy atom. The van der Waals surface area contributed by atoms with Crippen LogP contribution in [0.25, 0.3) is 0 Å². The summed E-state index contributed by atoms with van der Waals surface area (Å²) in [6.07, 6.45) is 0.381. The average molecular weight is 240 g/mol. The Kier molecular flexibility index (Phi) is 6.89. The second-order valence-corrected chi connectivity index (χ2v) is 3.18. The molecule has 0 aliphatic heterocycles. The van der Waals surface area contributed by atoms with Gasteiger partial charge in [0, 0.05) is 18.7 Å². The Labute approximate surface area is 101 Å². The van der Waals surface area contributed by atoms with E-state index in [1.807, 2.05) is 37.3 Å². The third-order valence-corrected chi connectivity index (χ3v) is 2.04. The predicted molar refractivity (Wildman–Crippen MR) is 66.8 cm³/mol. The first-order chi connectivity index (χ1) is 7.30. The quantitative estimate of drug-likeness (QED) is 0.804. The minimum atomic E-state index is -0.782. The van der Waals surface area contributed by atoms with Gasteiger partial charge in [-0.1, -0.05) is 17.3 Å². The summed E-state index contributed by atoms with van der Waals surface area (Å²) in [4.78, 5) is 10.2. The second-order valence-electron chi connectivity index (χ2n) is 3.18. The summed E-state index contributed by atoms with van der Waals surface area (Å²) in [7, 11) is 0. The molecule has 0 saturated carbocycles. The highest BCUT2D eigenvalue weighted by Gasteiger charge is 2.07. The van der Waals surface area contributed by atoms with Gasteiger partial charge in [-0.3, -0.25) is 0 Å². The molecule has 0 fully saturated rings. The van der Waals surface area contributed by atoms with Gasteiger partial charge in [0.15, 0.2) is 6.04 Å². The molecule has 0 spiro atoms. The fraction of sp³-hybridized carbons (Fsp3) is 0.364. The van der Waals surface area contributed by atoms with Gasteiger partial charge in [-0.25, -0.2) is 0 Å². The molecule has 1 aromatic rings. The molecule has 0 bridgehead atoms. The number of nitrogens with zero attached hydrogens (tertiary/aromatic N) is 2. The molecule has 1 unspecified atom stereocenters. The molecule has 4 nitrogen and oxygen atoms in total. The first-order valence-electron chi connectivity index (χ1n) is 4.85. The number of nitroso groups, excluding NO2 is 1. The van der Waals surface area contributed by atoms with E-state index in [4.69, 9.17) is 5.26 Å². The van der Waals surface area contributed by atoms with Gasteiger partial charge in [0.05, 0.1) is 6.07 Å². The maximum Gasteiger partial charge on any atom is 0.182 e. The summed E-state index contributed by atoms with van der Waals surface area (Å²) < 4.78 is 0. The number of rotatable bonds is 5. The highest BCUT2D eigenvalue weighted by atomic mass is 35.5. The number of nitrogens with one attached hydrogen (secondary N) is 1. The molecule has 1 rings (SSSR count). The fourth-order valence-electron chi connectivity index (χ4n) is 1.29. The zero-order valence-corrected chi connectivity index (χ0v) is 9.83. The van der Waals surface area contributed by atoms with Crippen LogP contribution in [0, 0.1) is 16.2 Å². The minimum Gasteiger partial charge on any atom is -0.385 e. The SMILES string of the molecule is CCNc1ccc(CC(C#N)N=O)cc1.Cl. The van der Waals surface area contributed by atoms with E-state index in [9.17, 15) is 4.91 Å². The summed E-state index contributed by atoms with van der Waals surface area (Å²) >= 11 is 0. The van der Waals surface area contributed by atoms with Crippen molar-refractivity contribution in [2.24, 2.45) is 5.18 Å². The summed E-state index contributed by atoms with van der Waals surface area (Å²) in [5.41, 5.74) is 1.98. The molecule has 0 radical (unpaired) electrons. The molecule has 1 aromatic carbocycles. The zero-order chi connectivity index (χ0) is 11.1. The molecule has 86 valence electrons. The van der Waals surface area contributed by atoms with Gasteiger partial charge in [-0.05, 0) is 24.6 Å². The van der Waals surface area contributed by atoms with Crippen molar-refractivity contribution in [2.45, 2.75) is 19.4 Å². The van der Waals surface area contributed by atoms with Crippen molar-refractivity contribution in [1.29, 1.82) is 5.26 Å². The first-order valence-corrected chi connectivity index (χ1v) is 4.85. The third-order valence-electron chi connectivity index (χ3n) is 2.04. The lowest BCUT2D eigenvalue weighted by Gasteiger charge is -2.05. The number of halogens is 1. The average Bonchev–Trinajstić information content (AvgIpc) is 2.28. The number of nitriles is 1.